The molecule has 2 aromatic rings. The van der Waals surface area contributed by atoms with Gasteiger partial charge in [-0.05, 0) is 36.0 Å². The molecule has 1 aliphatic heterocycles. The van der Waals surface area contributed by atoms with Gasteiger partial charge in [-0.3, -0.25) is 4.79 Å². The molecular weight excluding hydrogens is 326 g/mol. The van der Waals surface area contributed by atoms with E-state index in [2.05, 4.69) is 18.2 Å². The third-order valence-electron chi connectivity index (χ3n) is 5.12. The molecule has 2 unspecified atom stereocenters. The van der Waals surface area contributed by atoms with Gasteiger partial charge in [0.25, 0.3) is 0 Å². The lowest BCUT2D eigenvalue weighted by Crippen LogP contribution is -2.43. The SMILES string of the molecule is O=C1OCC(Cc2ccccc2)N1C(=O)C1CC=C(c2ccccc2)C1. The zero-order valence-corrected chi connectivity index (χ0v) is 14.5. The van der Waals surface area contributed by atoms with E-state index in [1.165, 1.54) is 10.5 Å². The molecule has 4 nitrogen and oxygen atoms in total. The Morgan fingerprint density at radius 3 is 2.46 bits per heavy atom. The van der Waals surface area contributed by atoms with E-state index in [0.29, 0.717) is 19.3 Å². The minimum absolute atomic E-state index is 0.115. The zero-order chi connectivity index (χ0) is 17.9. The number of ether oxygens (including phenoxy) is 1. The third kappa shape index (κ3) is 3.27. The molecule has 1 heterocycles. The van der Waals surface area contributed by atoms with Crippen molar-refractivity contribution in [1.82, 2.24) is 4.90 Å². The largest absolute Gasteiger partial charge is 0.447 e. The third-order valence-corrected chi connectivity index (χ3v) is 5.12. The molecule has 132 valence electrons. The van der Waals surface area contributed by atoms with E-state index in [-0.39, 0.29) is 24.5 Å². The van der Waals surface area contributed by atoms with Gasteiger partial charge in [-0.15, -0.1) is 0 Å². The van der Waals surface area contributed by atoms with Crippen LogP contribution in [0, 0.1) is 5.92 Å². The number of nitrogens with zero attached hydrogens (tertiary/aromatic N) is 1. The van der Waals surface area contributed by atoms with E-state index in [1.807, 2.05) is 48.5 Å². The summed E-state index contributed by atoms with van der Waals surface area (Å²) in [4.78, 5) is 26.6. The van der Waals surface area contributed by atoms with Crippen LogP contribution in [-0.2, 0) is 16.0 Å². The molecule has 2 amide bonds. The number of rotatable bonds is 4. The maximum Gasteiger partial charge on any atom is 0.416 e. The summed E-state index contributed by atoms with van der Waals surface area (Å²) in [5, 5.41) is 0. The van der Waals surface area contributed by atoms with Gasteiger partial charge >= 0.3 is 6.09 Å². The number of hydrogen-bond acceptors (Lipinski definition) is 3. The molecular formula is C22H21NO3. The normalized spacial score (nSPS) is 22.2. The first-order chi connectivity index (χ1) is 12.7. The standard InChI is InChI=1S/C22H21NO3/c24-21(19-12-11-18(14-19)17-9-5-2-6-10-17)23-20(15-26-22(23)25)13-16-7-3-1-4-8-16/h1-11,19-20H,12-15H2. The number of carbonyl (C=O) groups excluding carboxylic acids is 2. The van der Waals surface area contributed by atoms with Gasteiger partial charge in [0.05, 0.1) is 6.04 Å². The van der Waals surface area contributed by atoms with Crippen molar-refractivity contribution >= 4 is 17.6 Å². The summed E-state index contributed by atoms with van der Waals surface area (Å²) >= 11 is 0. The number of benzene rings is 2. The first-order valence-corrected chi connectivity index (χ1v) is 9.00. The Kier molecular flexibility index (Phi) is 4.57. The Morgan fingerprint density at radius 1 is 1.04 bits per heavy atom. The molecule has 2 aromatic carbocycles. The monoisotopic (exact) mass is 347 g/mol. The first kappa shape index (κ1) is 16.6. The van der Waals surface area contributed by atoms with Crippen LogP contribution in [0.3, 0.4) is 0 Å². The molecule has 0 aromatic heterocycles. The molecule has 0 N–H and O–H groups in total. The van der Waals surface area contributed by atoms with Crippen LogP contribution in [0.5, 0.6) is 0 Å². The molecule has 1 aliphatic carbocycles. The van der Waals surface area contributed by atoms with Gasteiger partial charge in [0, 0.05) is 5.92 Å². The Labute approximate surface area is 153 Å². The molecule has 1 fully saturated rings. The van der Waals surface area contributed by atoms with Crippen molar-refractivity contribution in [1.29, 1.82) is 0 Å². The van der Waals surface area contributed by atoms with Gasteiger partial charge < -0.3 is 4.74 Å². The van der Waals surface area contributed by atoms with Crippen LogP contribution in [0.2, 0.25) is 0 Å². The van der Waals surface area contributed by atoms with Crippen LogP contribution in [0.15, 0.2) is 66.7 Å². The predicted molar refractivity (Wildman–Crippen MR) is 99.3 cm³/mol. The second-order valence-corrected chi connectivity index (χ2v) is 6.86. The minimum atomic E-state index is -0.510. The molecule has 0 radical (unpaired) electrons. The fourth-order valence-corrected chi connectivity index (χ4v) is 3.76. The number of hydrogen-bond donors (Lipinski definition) is 0. The van der Waals surface area contributed by atoms with Crippen LogP contribution in [0.25, 0.3) is 5.57 Å². The smallest absolute Gasteiger partial charge is 0.416 e. The average molecular weight is 347 g/mol. The Morgan fingerprint density at radius 2 is 1.73 bits per heavy atom. The van der Waals surface area contributed by atoms with Gasteiger partial charge in [0.15, 0.2) is 0 Å². The topological polar surface area (TPSA) is 46.6 Å². The lowest BCUT2D eigenvalue weighted by molar-refractivity contribution is -0.133. The lowest BCUT2D eigenvalue weighted by atomic mass is 9.98. The summed E-state index contributed by atoms with van der Waals surface area (Å²) < 4.78 is 5.19. The van der Waals surface area contributed by atoms with E-state index in [9.17, 15) is 9.59 Å². The predicted octanol–water partition coefficient (Wildman–Crippen LogP) is 4.07. The molecule has 4 rings (SSSR count). The van der Waals surface area contributed by atoms with Crippen molar-refractivity contribution in [3.05, 3.63) is 77.9 Å². The number of amides is 2. The minimum Gasteiger partial charge on any atom is -0.447 e. The summed E-state index contributed by atoms with van der Waals surface area (Å²) in [5.41, 5.74) is 3.42. The second-order valence-electron chi connectivity index (χ2n) is 6.86. The Hall–Kier alpha value is -2.88. The van der Waals surface area contributed by atoms with Crippen molar-refractivity contribution in [2.75, 3.05) is 6.61 Å². The summed E-state index contributed by atoms with van der Waals surface area (Å²) in [5.74, 6) is -0.301. The molecule has 0 bridgehead atoms. The lowest BCUT2D eigenvalue weighted by Gasteiger charge is -2.23. The van der Waals surface area contributed by atoms with Gasteiger partial charge in [-0.2, -0.15) is 0 Å². The van der Waals surface area contributed by atoms with Crippen LogP contribution >= 0.6 is 0 Å². The van der Waals surface area contributed by atoms with Crippen LogP contribution in [0.4, 0.5) is 4.79 Å². The van der Waals surface area contributed by atoms with Crippen molar-refractivity contribution < 1.29 is 14.3 Å². The van der Waals surface area contributed by atoms with E-state index in [4.69, 9.17) is 4.74 Å². The van der Waals surface area contributed by atoms with Crippen molar-refractivity contribution in [2.24, 2.45) is 5.92 Å². The first-order valence-electron chi connectivity index (χ1n) is 9.00. The second kappa shape index (κ2) is 7.16. The number of carbonyl (C=O) groups is 2. The molecule has 1 saturated heterocycles. The summed E-state index contributed by atoms with van der Waals surface area (Å²) in [6.45, 7) is 0.269. The Bertz CT molecular complexity index is 829. The maximum absolute atomic E-state index is 13.0. The number of cyclic esters (lactones) is 1. The van der Waals surface area contributed by atoms with E-state index >= 15 is 0 Å². The van der Waals surface area contributed by atoms with Gasteiger partial charge in [-0.25, -0.2) is 9.69 Å². The summed E-state index contributed by atoms with van der Waals surface area (Å²) in [6.07, 6.45) is 3.58. The molecule has 2 atom stereocenters. The van der Waals surface area contributed by atoms with Gasteiger partial charge in [-0.1, -0.05) is 66.7 Å². The summed E-state index contributed by atoms with van der Waals surface area (Å²) in [6, 6.07) is 19.8. The van der Waals surface area contributed by atoms with Gasteiger partial charge in [0.2, 0.25) is 5.91 Å². The zero-order valence-electron chi connectivity index (χ0n) is 14.5. The van der Waals surface area contributed by atoms with Crippen molar-refractivity contribution in [3.8, 4) is 0 Å². The number of allylic oxidation sites excluding steroid dienone is 2. The molecule has 4 heteroatoms. The highest BCUT2D eigenvalue weighted by molar-refractivity contribution is 5.96. The fraction of sp³-hybridized carbons (Fsp3) is 0.273. The highest BCUT2D eigenvalue weighted by Gasteiger charge is 2.41. The van der Waals surface area contributed by atoms with Crippen molar-refractivity contribution in [2.45, 2.75) is 25.3 Å². The molecule has 0 saturated carbocycles. The Balaban J connectivity index is 1.46. The van der Waals surface area contributed by atoms with Crippen LogP contribution in [0.1, 0.15) is 24.0 Å². The summed E-state index contributed by atoms with van der Waals surface area (Å²) in [7, 11) is 0. The van der Waals surface area contributed by atoms with Crippen LogP contribution in [-0.4, -0.2) is 29.5 Å². The number of imide groups is 1. The quantitative estimate of drug-likeness (QED) is 0.837. The molecule has 26 heavy (non-hydrogen) atoms. The molecule has 0 spiro atoms. The average Bonchev–Trinajstić information content (AvgIpc) is 3.30. The molecule has 2 aliphatic rings. The van der Waals surface area contributed by atoms with Gasteiger partial charge in [0.1, 0.15) is 6.61 Å². The van der Waals surface area contributed by atoms with Crippen molar-refractivity contribution in [3.63, 3.8) is 0 Å². The van der Waals surface area contributed by atoms with Crippen LogP contribution < -0.4 is 0 Å². The fourth-order valence-electron chi connectivity index (χ4n) is 3.76. The van der Waals surface area contributed by atoms with E-state index < -0.39 is 6.09 Å². The highest BCUT2D eigenvalue weighted by atomic mass is 16.6. The highest BCUT2D eigenvalue weighted by Crippen LogP contribution is 2.34. The van der Waals surface area contributed by atoms with E-state index in [1.54, 1.807) is 0 Å². The van der Waals surface area contributed by atoms with E-state index in [0.717, 1.165) is 11.1 Å². The maximum atomic E-state index is 13.0.